The first-order valence-electron chi connectivity index (χ1n) is 8.47. The molecule has 0 aliphatic carbocycles. The molecule has 0 saturated heterocycles. The molecule has 0 bridgehead atoms. The van der Waals surface area contributed by atoms with Gasteiger partial charge in [-0.3, -0.25) is 9.48 Å². The Morgan fingerprint density at radius 2 is 1.93 bits per heavy atom. The highest BCUT2D eigenvalue weighted by Crippen LogP contribution is 2.33. The number of carbonyl (C=O) groups excluding carboxylic acids is 1. The van der Waals surface area contributed by atoms with E-state index in [9.17, 15) is 4.79 Å². The van der Waals surface area contributed by atoms with Crippen LogP contribution in [-0.2, 0) is 13.5 Å². The molecule has 27 heavy (non-hydrogen) atoms. The third kappa shape index (κ3) is 3.35. The van der Waals surface area contributed by atoms with Crippen molar-refractivity contribution in [1.82, 2.24) is 14.8 Å². The van der Waals surface area contributed by atoms with Crippen LogP contribution in [0.25, 0.3) is 11.0 Å². The van der Waals surface area contributed by atoms with Crippen LogP contribution >= 0.6 is 24.8 Å². The number of nitrogen functional groups attached to an aromatic ring is 1. The van der Waals surface area contributed by atoms with E-state index in [2.05, 4.69) is 10.1 Å². The first kappa shape index (κ1) is 21.0. The number of aromatic nitrogens is 3. The quantitative estimate of drug-likeness (QED) is 0.625. The summed E-state index contributed by atoms with van der Waals surface area (Å²) in [4.78, 5) is 19.7. The predicted molar refractivity (Wildman–Crippen MR) is 113 cm³/mol. The van der Waals surface area contributed by atoms with E-state index in [1.807, 2.05) is 50.1 Å². The molecule has 2 aromatic heterocycles. The summed E-state index contributed by atoms with van der Waals surface area (Å²) in [7, 11) is 1.87. The summed E-state index contributed by atoms with van der Waals surface area (Å²) in [6.45, 7) is 4.50. The van der Waals surface area contributed by atoms with E-state index in [0.29, 0.717) is 12.1 Å². The third-order valence-corrected chi connectivity index (χ3v) is 4.95. The number of amides is 1. The van der Waals surface area contributed by atoms with Gasteiger partial charge in [0, 0.05) is 30.4 Å². The van der Waals surface area contributed by atoms with Crippen LogP contribution in [0.1, 0.15) is 33.7 Å². The molecular weight excluding hydrogens is 385 g/mol. The van der Waals surface area contributed by atoms with E-state index in [-0.39, 0.29) is 30.7 Å². The lowest BCUT2D eigenvalue weighted by molar-refractivity contribution is 0.0984. The van der Waals surface area contributed by atoms with E-state index >= 15 is 0 Å². The van der Waals surface area contributed by atoms with Gasteiger partial charge in [-0.25, -0.2) is 4.98 Å². The van der Waals surface area contributed by atoms with Crippen molar-refractivity contribution >= 4 is 53.1 Å². The van der Waals surface area contributed by atoms with Crippen molar-refractivity contribution in [1.29, 1.82) is 0 Å². The topological polar surface area (TPSA) is 77.0 Å². The maximum absolute atomic E-state index is 13.3. The van der Waals surface area contributed by atoms with Crippen LogP contribution in [0.2, 0.25) is 0 Å². The molecule has 0 fully saturated rings. The number of nitrogens with two attached hydrogens (primary N) is 1. The number of halogens is 2. The summed E-state index contributed by atoms with van der Waals surface area (Å²) < 4.78 is 1.75. The Hall–Kier alpha value is -2.31. The lowest BCUT2D eigenvalue weighted by atomic mass is 9.98. The van der Waals surface area contributed by atoms with E-state index in [0.717, 1.165) is 52.2 Å². The molecule has 1 aliphatic heterocycles. The second-order valence-electron chi connectivity index (χ2n) is 6.61. The Morgan fingerprint density at radius 1 is 1.19 bits per heavy atom. The van der Waals surface area contributed by atoms with Gasteiger partial charge in [0.2, 0.25) is 0 Å². The zero-order valence-electron chi connectivity index (χ0n) is 15.5. The molecular formula is C19H23Cl2N5O. The number of fused-ring (bicyclic) bond motifs is 2. The number of nitrogens with zero attached hydrogens (tertiary/aromatic N) is 4. The normalized spacial score (nSPS) is 12.9. The van der Waals surface area contributed by atoms with Gasteiger partial charge in [-0.05, 0) is 50.5 Å². The molecule has 3 heterocycles. The van der Waals surface area contributed by atoms with Gasteiger partial charge in [-0.2, -0.15) is 5.10 Å². The minimum Gasteiger partial charge on any atom is -0.398 e. The van der Waals surface area contributed by atoms with Gasteiger partial charge >= 0.3 is 0 Å². The molecule has 1 aliphatic rings. The average molecular weight is 408 g/mol. The van der Waals surface area contributed by atoms with Crippen LogP contribution in [0.3, 0.4) is 0 Å². The molecule has 0 spiro atoms. The molecule has 3 aromatic rings. The van der Waals surface area contributed by atoms with Gasteiger partial charge in [0.25, 0.3) is 5.91 Å². The van der Waals surface area contributed by atoms with E-state index in [1.54, 1.807) is 4.68 Å². The Labute approximate surface area is 170 Å². The van der Waals surface area contributed by atoms with Crippen molar-refractivity contribution in [2.45, 2.75) is 26.7 Å². The number of aryl methyl sites for hydroxylation is 3. The Balaban J connectivity index is 0.00000131. The zero-order chi connectivity index (χ0) is 17.7. The van der Waals surface area contributed by atoms with Gasteiger partial charge in [0.15, 0.2) is 5.65 Å². The van der Waals surface area contributed by atoms with Crippen molar-refractivity contribution in [3.05, 3.63) is 46.8 Å². The molecule has 8 heteroatoms. The monoisotopic (exact) mass is 407 g/mol. The van der Waals surface area contributed by atoms with Gasteiger partial charge in [0.1, 0.15) is 0 Å². The average Bonchev–Trinajstić information content (AvgIpc) is 2.87. The van der Waals surface area contributed by atoms with Gasteiger partial charge < -0.3 is 10.6 Å². The van der Waals surface area contributed by atoms with Gasteiger partial charge in [-0.15, -0.1) is 24.8 Å². The summed E-state index contributed by atoms with van der Waals surface area (Å²) in [6.07, 6.45) is 1.82. The van der Waals surface area contributed by atoms with Crippen LogP contribution in [0.15, 0.2) is 24.3 Å². The lowest BCUT2D eigenvalue weighted by Gasteiger charge is -2.30. The van der Waals surface area contributed by atoms with Crippen LogP contribution in [0.4, 0.5) is 11.4 Å². The summed E-state index contributed by atoms with van der Waals surface area (Å²) in [5.74, 6) is -0.0262. The lowest BCUT2D eigenvalue weighted by Crippen LogP contribution is -2.36. The molecule has 2 N–H and O–H groups in total. The first-order valence-corrected chi connectivity index (χ1v) is 8.47. The molecule has 1 aromatic carbocycles. The minimum absolute atomic E-state index is 0. The number of anilines is 2. The molecule has 0 unspecified atom stereocenters. The van der Waals surface area contributed by atoms with E-state index in [4.69, 9.17) is 5.73 Å². The molecule has 1 amide bonds. The Bertz CT molecular complexity index is 1010. The predicted octanol–water partition coefficient (Wildman–Crippen LogP) is 3.60. The highest BCUT2D eigenvalue weighted by atomic mass is 35.5. The second kappa shape index (κ2) is 7.74. The Morgan fingerprint density at radius 3 is 2.67 bits per heavy atom. The summed E-state index contributed by atoms with van der Waals surface area (Å²) in [6, 6.07) is 7.69. The minimum atomic E-state index is -0.0262. The van der Waals surface area contributed by atoms with Crippen LogP contribution in [-0.4, -0.2) is 27.2 Å². The first-order chi connectivity index (χ1) is 12.0. The zero-order valence-corrected chi connectivity index (χ0v) is 17.2. The van der Waals surface area contributed by atoms with Crippen molar-refractivity contribution < 1.29 is 4.79 Å². The highest BCUT2D eigenvalue weighted by Gasteiger charge is 2.26. The van der Waals surface area contributed by atoms with Crippen molar-refractivity contribution in [3.8, 4) is 0 Å². The summed E-state index contributed by atoms with van der Waals surface area (Å²) in [5.41, 5.74) is 11.9. The van der Waals surface area contributed by atoms with Gasteiger partial charge in [-0.1, -0.05) is 6.07 Å². The number of hydrogen-bond acceptors (Lipinski definition) is 4. The smallest absolute Gasteiger partial charge is 0.260 e. The van der Waals surface area contributed by atoms with E-state index < -0.39 is 0 Å². The van der Waals surface area contributed by atoms with Crippen molar-refractivity contribution in [2.75, 3.05) is 17.2 Å². The number of hydrogen-bond donors (Lipinski definition) is 1. The van der Waals surface area contributed by atoms with Gasteiger partial charge in [0.05, 0.1) is 17.0 Å². The fraction of sp³-hybridized carbons (Fsp3) is 0.316. The van der Waals surface area contributed by atoms with Crippen molar-refractivity contribution in [2.24, 2.45) is 7.05 Å². The summed E-state index contributed by atoms with van der Waals surface area (Å²) in [5, 5.41) is 5.32. The highest BCUT2D eigenvalue weighted by molar-refractivity contribution is 6.09. The van der Waals surface area contributed by atoms with E-state index in [1.165, 1.54) is 0 Å². The fourth-order valence-electron chi connectivity index (χ4n) is 3.66. The number of rotatable bonds is 1. The molecule has 0 saturated carbocycles. The molecule has 144 valence electrons. The maximum Gasteiger partial charge on any atom is 0.260 e. The number of pyridine rings is 1. The number of benzene rings is 1. The second-order valence-corrected chi connectivity index (χ2v) is 6.61. The number of carbonyl (C=O) groups is 1. The summed E-state index contributed by atoms with van der Waals surface area (Å²) >= 11 is 0. The standard InChI is InChI=1S/C19H21N5O.2ClH/c1-11-15(10-14-12(2)22-23(3)18(14)21-11)19(25)24-9-5-6-13-16(20)7-4-8-17(13)24;;/h4,7-8,10H,5-6,9,20H2,1-3H3;2*1H. The van der Waals surface area contributed by atoms with Crippen molar-refractivity contribution in [3.63, 3.8) is 0 Å². The maximum atomic E-state index is 13.3. The van der Waals surface area contributed by atoms with Crippen LogP contribution < -0.4 is 10.6 Å². The molecule has 0 atom stereocenters. The van der Waals surface area contributed by atoms with Crippen LogP contribution in [0, 0.1) is 13.8 Å². The SMILES string of the molecule is Cc1nc2c(cc1C(=O)N1CCCc3c(N)cccc31)c(C)nn2C.Cl.Cl. The molecule has 6 nitrogen and oxygen atoms in total. The van der Waals surface area contributed by atoms with Crippen LogP contribution in [0.5, 0.6) is 0 Å². The third-order valence-electron chi connectivity index (χ3n) is 4.95. The Kier molecular flexibility index (Phi) is 6.02. The molecule has 4 rings (SSSR count). The fourth-order valence-corrected chi connectivity index (χ4v) is 3.66. The molecule has 0 radical (unpaired) electrons. The largest absolute Gasteiger partial charge is 0.398 e.